The predicted molar refractivity (Wildman–Crippen MR) is 104 cm³/mol. The molecule has 0 radical (unpaired) electrons. The summed E-state index contributed by atoms with van der Waals surface area (Å²) in [5, 5.41) is 7.40. The number of hydrogen-bond donors (Lipinski definition) is 1. The van der Waals surface area contributed by atoms with Crippen molar-refractivity contribution in [1.29, 1.82) is 0 Å². The van der Waals surface area contributed by atoms with Crippen molar-refractivity contribution in [2.45, 2.75) is 32.5 Å². The lowest BCUT2D eigenvalue weighted by molar-refractivity contribution is -0.121. The lowest BCUT2D eigenvalue weighted by Gasteiger charge is -2.32. The van der Waals surface area contributed by atoms with Crippen LogP contribution in [0.4, 0.5) is 5.82 Å². The number of amides is 1. The molecule has 1 unspecified atom stereocenters. The van der Waals surface area contributed by atoms with E-state index in [1.165, 1.54) is 11.1 Å². The smallest absolute Gasteiger partial charge is 0.242 e. The molecular formula is C21H23N5O. The van der Waals surface area contributed by atoms with Crippen LogP contribution in [0.5, 0.6) is 0 Å². The zero-order valence-electron chi connectivity index (χ0n) is 15.4. The van der Waals surface area contributed by atoms with Gasteiger partial charge in [0.1, 0.15) is 0 Å². The maximum absolute atomic E-state index is 12.7. The minimum Gasteiger partial charge on any atom is -0.308 e. The number of hydrogen-bond acceptors (Lipinski definition) is 4. The van der Waals surface area contributed by atoms with Gasteiger partial charge in [-0.2, -0.15) is 5.10 Å². The third kappa shape index (κ3) is 4.06. The molecule has 0 spiro atoms. The van der Waals surface area contributed by atoms with Gasteiger partial charge < -0.3 is 5.32 Å². The Labute approximate surface area is 158 Å². The molecular weight excluding hydrogens is 338 g/mol. The number of rotatable bonds is 5. The first kappa shape index (κ1) is 17.4. The zero-order valence-corrected chi connectivity index (χ0v) is 15.4. The number of fused-ring (bicyclic) bond motifs is 1. The number of aromatic nitrogens is 3. The number of anilines is 1. The predicted octanol–water partition coefficient (Wildman–Crippen LogP) is 2.71. The minimum absolute atomic E-state index is 0.0245. The molecule has 1 atom stereocenters. The molecule has 1 aliphatic rings. The third-order valence-corrected chi connectivity index (χ3v) is 5.07. The van der Waals surface area contributed by atoms with E-state index in [4.69, 9.17) is 0 Å². The van der Waals surface area contributed by atoms with E-state index in [9.17, 15) is 4.79 Å². The Bertz CT molecular complexity index is 921. The summed E-state index contributed by atoms with van der Waals surface area (Å²) in [4.78, 5) is 18.9. The van der Waals surface area contributed by atoms with Crippen molar-refractivity contribution >= 4 is 11.7 Å². The van der Waals surface area contributed by atoms with E-state index in [0.717, 1.165) is 25.1 Å². The zero-order chi connectivity index (χ0) is 18.6. The highest BCUT2D eigenvalue weighted by Crippen LogP contribution is 2.20. The molecule has 0 fully saturated rings. The Hall–Kier alpha value is -2.99. The van der Waals surface area contributed by atoms with Crippen LogP contribution in [0, 0.1) is 0 Å². The lowest BCUT2D eigenvalue weighted by Crippen LogP contribution is -2.44. The van der Waals surface area contributed by atoms with E-state index in [1.807, 2.05) is 36.0 Å². The minimum atomic E-state index is -0.205. The molecule has 0 saturated heterocycles. The highest BCUT2D eigenvalue weighted by molar-refractivity contribution is 5.93. The summed E-state index contributed by atoms with van der Waals surface area (Å²) in [5.74, 6) is 0.557. The van der Waals surface area contributed by atoms with Crippen molar-refractivity contribution in [3.05, 3.63) is 77.7 Å². The molecule has 0 saturated carbocycles. The summed E-state index contributed by atoms with van der Waals surface area (Å²) >= 11 is 0. The standard InChI is InChI=1S/C21H23N5O/c1-16(25-12-8-18-4-2-3-5-19(18)15-25)21(27)23-20-9-13-26(24-20)14-17-6-10-22-11-7-17/h2-7,9-11,13,16H,8,12,14-15H2,1H3,(H,23,24,27). The fourth-order valence-electron chi connectivity index (χ4n) is 3.44. The van der Waals surface area contributed by atoms with Gasteiger partial charge in [0.25, 0.3) is 0 Å². The molecule has 1 aromatic carbocycles. The van der Waals surface area contributed by atoms with Gasteiger partial charge in [-0.3, -0.25) is 19.4 Å². The van der Waals surface area contributed by atoms with Gasteiger partial charge in [0.05, 0.1) is 12.6 Å². The van der Waals surface area contributed by atoms with Crippen LogP contribution in [0.1, 0.15) is 23.6 Å². The number of carbonyl (C=O) groups excluding carboxylic acids is 1. The summed E-state index contributed by atoms with van der Waals surface area (Å²) in [6.45, 7) is 4.30. The first-order valence-electron chi connectivity index (χ1n) is 9.23. The van der Waals surface area contributed by atoms with Crippen molar-refractivity contribution in [3.63, 3.8) is 0 Å². The van der Waals surface area contributed by atoms with E-state index in [0.29, 0.717) is 12.4 Å². The van der Waals surface area contributed by atoms with Crippen molar-refractivity contribution in [3.8, 4) is 0 Å². The normalized spacial score (nSPS) is 15.1. The van der Waals surface area contributed by atoms with E-state index in [2.05, 4.69) is 44.6 Å². The van der Waals surface area contributed by atoms with Crippen LogP contribution in [-0.4, -0.2) is 38.2 Å². The van der Waals surface area contributed by atoms with Gasteiger partial charge in [-0.15, -0.1) is 0 Å². The first-order valence-corrected chi connectivity index (χ1v) is 9.23. The summed E-state index contributed by atoms with van der Waals surface area (Å²) in [6.07, 6.45) is 6.38. The lowest BCUT2D eigenvalue weighted by atomic mass is 9.99. The molecule has 0 bridgehead atoms. The van der Waals surface area contributed by atoms with Crippen molar-refractivity contribution < 1.29 is 4.79 Å². The van der Waals surface area contributed by atoms with Crippen LogP contribution < -0.4 is 5.32 Å². The molecule has 2 aromatic heterocycles. The average molecular weight is 361 g/mol. The maximum Gasteiger partial charge on any atom is 0.242 e. The Kier molecular flexibility index (Phi) is 4.98. The van der Waals surface area contributed by atoms with Crippen LogP contribution in [0.15, 0.2) is 61.1 Å². The van der Waals surface area contributed by atoms with Gasteiger partial charge in [0, 0.05) is 37.7 Å². The molecule has 6 heteroatoms. The van der Waals surface area contributed by atoms with E-state index < -0.39 is 0 Å². The summed E-state index contributed by atoms with van der Waals surface area (Å²) < 4.78 is 1.81. The Balaban J connectivity index is 1.36. The fraction of sp³-hybridized carbons (Fsp3) is 0.286. The summed E-state index contributed by atoms with van der Waals surface area (Å²) in [7, 11) is 0. The number of carbonyl (C=O) groups is 1. The molecule has 1 N–H and O–H groups in total. The van der Waals surface area contributed by atoms with Gasteiger partial charge in [-0.1, -0.05) is 24.3 Å². The Morgan fingerprint density at radius 3 is 2.74 bits per heavy atom. The Morgan fingerprint density at radius 1 is 1.15 bits per heavy atom. The van der Waals surface area contributed by atoms with E-state index in [-0.39, 0.29) is 11.9 Å². The van der Waals surface area contributed by atoms with Crippen molar-refractivity contribution in [1.82, 2.24) is 19.7 Å². The second kappa shape index (κ2) is 7.72. The van der Waals surface area contributed by atoms with Crippen LogP contribution in [-0.2, 0) is 24.3 Å². The molecule has 1 amide bonds. The van der Waals surface area contributed by atoms with Crippen LogP contribution in [0.25, 0.3) is 0 Å². The first-order chi connectivity index (χ1) is 13.2. The average Bonchev–Trinajstić information content (AvgIpc) is 3.14. The fourth-order valence-corrected chi connectivity index (χ4v) is 3.44. The molecule has 6 nitrogen and oxygen atoms in total. The van der Waals surface area contributed by atoms with E-state index in [1.54, 1.807) is 12.4 Å². The topological polar surface area (TPSA) is 63.1 Å². The highest BCUT2D eigenvalue weighted by atomic mass is 16.2. The largest absolute Gasteiger partial charge is 0.308 e. The SMILES string of the molecule is CC(C(=O)Nc1ccn(Cc2ccncc2)n1)N1CCc2ccccc2C1. The molecule has 138 valence electrons. The second-order valence-electron chi connectivity index (χ2n) is 6.91. The quantitative estimate of drug-likeness (QED) is 0.759. The van der Waals surface area contributed by atoms with Gasteiger partial charge >= 0.3 is 0 Å². The molecule has 4 rings (SSSR count). The summed E-state index contributed by atoms with van der Waals surface area (Å²) in [5.41, 5.74) is 3.81. The molecule has 3 aromatic rings. The van der Waals surface area contributed by atoms with Crippen LogP contribution in [0.2, 0.25) is 0 Å². The third-order valence-electron chi connectivity index (χ3n) is 5.07. The van der Waals surface area contributed by atoms with Crippen molar-refractivity contribution in [2.24, 2.45) is 0 Å². The number of nitrogens with one attached hydrogen (secondary N) is 1. The van der Waals surface area contributed by atoms with Gasteiger partial charge in [-0.25, -0.2) is 0 Å². The molecule has 3 heterocycles. The molecule has 27 heavy (non-hydrogen) atoms. The van der Waals surface area contributed by atoms with Gasteiger partial charge in [-0.05, 0) is 42.2 Å². The molecule has 1 aliphatic heterocycles. The molecule has 0 aliphatic carbocycles. The van der Waals surface area contributed by atoms with Crippen LogP contribution in [0.3, 0.4) is 0 Å². The number of nitrogens with zero attached hydrogens (tertiary/aromatic N) is 4. The van der Waals surface area contributed by atoms with E-state index >= 15 is 0 Å². The van der Waals surface area contributed by atoms with Gasteiger partial charge in [0.2, 0.25) is 5.91 Å². The van der Waals surface area contributed by atoms with Gasteiger partial charge in [0.15, 0.2) is 5.82 Å². The maximum atomic E-state index is 12.7. The second-order valence-corrected chi connectivity index (χ2v) is 6.91. The van der Waals surface area contributed by atoms with Crippen LogP contribution >= 0.6 is 0 Å². The number of benzene rings is 1. The van der Waals surface area contributed by atoms with Crippen molar-refractivity contribution in [2.75, 3.05) is 11.9 Å². The summed E-state index contributed by atoms with van der Waals surface area (Å²) in [6, 6.07) is 14.0. The monoisotopic (exact) mass is 361 g/mol. The highest BCUT2D eigenvalue weighted by Gasteiger charge is 2.25. The number of pyridine rings is 1. The Morgan fingerprint density at radius 2 is 1.93 bits per heavy atom.